The Morgan fingerprint density at radius 2 is 1.87 bits per heavy atom. The lowest BCUT2D eigenvalue weighted by Gasteiger charge is -2.36. The molecular formula is C21H30N6O4. The summed E-state index contributed by atoms with van der Waals surface area (Å²) in [6.07, 6.45) is 0.780. The number of hydrazine groups is 1. The minimum absolute atomic E-state index is 0.0264. The van der Waals surface area contributed by atoms with Gasteiger partial charge in [-0.1, -0.05) is 17.7 Å². The van der Waals surface area contributed by atoms with Gasteiger partial charge in [-0.3, -0.25) is 29.7 Å². The molecule has 10 heteroatoms. The van der Waals surface area contributed by atoms with E-state index in [9.17, 15) is 14.4 Å². The Morgan fingerprint density at radius 3 is 2.55 bits per heavy atom. The third kappa shape index (κ3) is 6.25. The van der Waals surface area contributed by atoms with Crippen molar-refractivity contribution >= 4 is 29.2 Å². The number of nitrogens with zero attached hydrogens (tertiary/aromatic N) is 4. The van der Waals surface area contributed by atoms with Gasteiger partial charge >= 0.3 is 0 Å². The molecule has 1 aromatic rings. The maximum atomic E-state index is 12.9. The number of carbonyl (C=O) groups excluding carboxylic acids is 3. The molecule has 1 saturated heterocycles. The number of hydrogen-bond acceptors (Lipinski definition) is 7. The molecular weight excluding hydrogens is 400 g/mol. The second-order valence-corrected chi connectivity index (χ2v) is 7.61. The lowest BCUT2D eigenvalue weighted by Crippen LogP contribution is -2.59. The zero-order chi connectivity index (χ0) is 22.2. The lowest BCUT2D eigenvalue weighted by molar-refractivity contribution is -0.127. The molecule has 0 atom stereocenters. The molecule has 1 aromatic carbocycles. The minimum atomic E-state index is -0.242. The van der Waals surface area contributed by atoms with Crippen LogP contribution in [-0.4, -0.2) is 92.9 Å². The number of nitrogens with one attached hydrogen (secondary N) is 2. The smallest absolute Gasteiger partial charge is 0.290 e. The van der Waals surface area contributed by atoms with Gasteiger partial charge in [0.2, 0.25) is 11.7 Å². The molecule has 0 saturated carbocycles. The number of benzene rings is 1. The van der Waals surface area contributed by atoms with E-state index in [-0.39, 0.29) is 30.1 Å². The Balaban J connectivity index is 1.48. The van der Waals surface area contributed by atoms with Crippen molar-refractivity contribution in [3.8, 4) is 0 Å². The molecule has 0 aromatic heterocycles. The third-order valence-corrected chi connectivity index (χ3v) is 5.21. The van der Waals surface area contributed by atoms with Crippen LogP contribution in [0.4, 0.5) is 5.69 Å². The summed E-state index contributed by atoms with van der Waals surface area (Å²) in [6.45, 7) is 5.60. The summed E-state index contributed by atoms with van der Waals surface area (Å²) in [4.78, 5) is 45.0. The molecule has 2 aliphatic rings. The maximum Gasteiger partial charge on any atom is 0.290 e. The van der Waals surface area contributed by atoms with Crippen molar-refractivity contribution in [1.29, 1.82) is 0 Å². The molecule has 168 valence electrons. The van der Waals surface area contributed by atoms with Gasteiger partial charge in [0, 0.05) is 46.4 Å². The summed E-state index contributed by atoms with van der Waals surface area (Å²) in [5.41, 5.74) is 4.61. The van der Waals surface area contributed by atoms with E-state index in [2.05, 4.69) is 15.7 Å². The second kappa shape index (κ2) is 10.9. The first-order valence-corrected chi connectivity index (χ1v) is 10.5. The monoisotopic (exact) mass is 430 g/mol. The zero-order valence-electron chi connectivity index (χ0n) is 18.1. The third-order valence-electron chi connectivity index (χ3n) is 5.21. The maximum absolute atomic E-state index is 12.9. The molecule has 0 aliphatic carbocycles. The Bertz CT molecular complexity index is 818. The highest BCUT2D eigenvalue weighted by Gasteiger charge is 2.30. The Hall–Kier alpha value is -2.98. The van der Waals surface area contributed by atoms with Crippen LogP contribution in [0, 0.1) is 6.92 Å². The number of carbonyl (C=O) groups is 3. The number of amides is 3. The number of rotatable bonds is 8. The van der Waals surface area contributed by atoms with Crippen LogP contribution in [0.2, 0.25) is 0 Å². The van der Waals surface area contributed by atoms with Gasteiger partial charge in [-0.15, -0.1) is 0 Å². The first kappa shape index (κ1) is 22.7. The van der Waals surface area contributed by atoms with Gasteiger partial charge in [-0.2, -0.15) is 0 Å². The average Bonchev–Trinajstić information content (AvgIpc) is 2.78. The second-order valence-electron chi connectivity index (χ2n) is 7.61. The fraction of sp³-hybridized carbons (Fsp3) is 0.524. The van der Waals surface area contributed by atoms with Crippen LogP contribution >= 0.6 is 0 Å². The van der Waals surface area contributed by atoms with Crippen molar-refractivity contribution in [3.63, 3.8) is 0 Å². The van der Waals surface area contributed by atoms with Crippen molar-refractivity contribution < 1.29 is 19.1 Å². The SMILES string of the molecule is COCCCNC(=O)CN1CCN(C(=O)C2=NCC(=O)N(c3ccc(C)cc3)N2)CC1. The number of ether oxygens (including phenoxy) is 1. The summed E-state index contributed by atoms with van der Waals surface area (Å²) < 4.78 is 4.96. The predicted molar refractivity (Wildman–Crippen MR) is 117 cm³/mol. The Labute approximate surface area is 182 Å². The van der Waals surface area contributed by atoms with E-state index in [0.717, 1.165) is 12.0 Å². The molecule has 0 radical (unpaired) electrons. The quantitative estimate of drug-likeness (QED) is 0.541. The van der Waals surface area contributed by atoms with E-state index in [0.29, 0.717) is 51.6 Å². The molecule has 2 N–H and O–H groups in total. The largest absolute Gasteiger partial charge is 0.385 e. The van der Waals surface area contributed by atoms with Crippen LogP contribution in [0.15, 0.2) is 29.3 Å². The van der Waals surface area contributed by atoms with Gasteiger partial charge in [0.15, 0.2) is 0 Å². The van der Waals surface area contributed by atoms with Crippen molar-refractivity contribution in [3.05, 3.63) is 29.8 Å². The van der Waals surface area contributed by atoms with Crippen LogP contribution in [0.5, 0.6) is 0 Å². The first-order chi connectivity index (χ1) is 15.0. The van der Waals surface area contributed by atoms with Crippen molar-refractivity contribution in [1.82, 2.24) is 20.5 Å². The van der Waals surface area contributed by atoms with E-state index in [1.54, 1.807) is 12.0 Å². The van der Waals surface area contributed by atoms with Crippen molar-refractivity contribution in [2.75, 3.05) is 64.5 Å². The van der Waals surface area contributed by atoms with Crippen LogP contribution in [0.3, 0.4) is 0 Å². The predicted octanol–water partition coefficient (Wildman–Crippen LogP) is -0.458. The molecule has 1 fully saturated rings. The number of methoxy groups -OCH3 is 1. The van der Waals surface area contributed by atoms with Crippen LogP contribution < -0.4 is 15.8 Å². The van der Waals surface area contributed by atoms with Gasteiger partial charge in [0.05, 0.1) is 12.2 Å². The van der Waals surface area contributed by atoms with Gasteiger partial charge in [-0.25, -0.2) is 5.01 Å². The molecule has 0 unspecified atom stereocenters. The molecule has 2 heterocycles. The van der Waals surface area contributed by atoms with Gasteiger partial charge in [-0.05, 0) is 25.5 Å². The first-order valence-electron chi connectivity index (χ1n) is 10.5. The molecule has 31 heavy (non-hydrogen) atoms. The number of hydrogen-bond donors (Lipinski definition) is 2. The summed E-state index contributed by atoms with van der Waals surface area (Å²) in [6, 6.07) is 7.47. The number of piperazine rings is 1. The molecule has 3 rings (SSSR count). The molecule has 3 amide bonds. The molecule has 2 aliphatic heterocycles. The van der Waals surface area contributed by atoms with Gasteiger partial charge in [0.1, 0.15) is 6.54 Å². The van der Waals surface area contributed by atoms with Crippen molar-refractivity contribution in [2.45, 2.75) is 13.3 Å². The van der Waals surface area contributed by atoms with Crippen LogP contribution in [0.1, 0.15) is 12.0 Å². The molecule has 0 bridgehead atoms. The highest BCUT2D eigenvalue weighted by atomic mass is 16.5. The molecule has 0 spiro atoms. The Kier molecular flexibility index (Phi) is 7.96. The number of anilines is 1. The lowest BCUT2D eigenvalue weighted by atomic mass is 10.2. The van der Waals surface area contributed by atoms with Crippen LogP contribution in [0.25, 0.3) is 0 Å². The zero-order valence-corrected chi connectivity index (χ0v) is 18.1. The Morgan fingerprint density at radius 1 is 1.16 bits per heavy atom. The standard InChI is InChI=1S/C21H30N6O4/c1-16-4-6-17(7-5-16)27-19(29)14-23-20(24-27)21(30)26-11-9-25(10-12-26)15-18(28)22-8-3-13-31-2/h4-7H,3,8-15H2,1-2H3,(H,22,28)(H,23,24). The van der Waals surface area contributed by atoms with Gasteiger partial charge < -0.3 is 15.0 Å². The summed E-state index contributed by atoms with van der Waals surface area (Å²) in [5, 5.41) is 4.24. The summed E-state index contributed by atoms with van der Waals surface area (Å²) in [7, 11) is 1.63. The molecule has 10 nitrogen and oxygen atoms in total. The summed E-state index contributed by atoms with van der Waals surface area (Å²) >= 11 is 0. The van der Waals surface area contributed by atoms with E-state index in [4.69, 9.17) is 4.74 Å². The normalized spacial score (nSPS) is 17.2. The van der Waals surface area contributed by atoms with E-state index in [1.165, 1.54) is 5.01 Å². The highest BCUT2D eigenvalue weighted by Crippen LogP contribution is 2.15. The van der Waals surface area contributed by atoms with E-state index < -0.39 is 0 Å². The topological polar surface area (TPSA) is 107 Å². The number of amidine groups is 1. The van der Waals surface area contributed by atoms with Crippen LogP contribution in [-0.2, 0) is 19.1 Å². The average molecular weight is 431 g/mol. The van der Waals surface area contributed by atoms with Gasteiger partial charge in [0.25, 0.3) is 11.8 Å². The number of aliphatic imine (C=N–C) groups is 1. The minimum Gasteiger partial charge on any atom is -0.385 e. The summed E-state index contributed by atoms with van der Waals surface area (Å²) in [5.74, 6) is -0.332. The van der Waals surface area contributed by atoms with E-state index in [1.807, 2.05) is 36.1 Å². The van der Waals surface area contributed by atoms with Crippen molar-refractivity contribution in [2.24, 2.45) is 4.99 Å². The van der Waals surface area contributed by atoms with E-state index >= 15 is 0 Å². The fourth-order valence-corrected chi connectivity index (χ4v) is 3.40. The fourth-order valence-electron chi connectivity index (χ4n) is 3.40. The number of aryl methyl sites for hydroxylation is 1. The highest BCUT2D eigenvalue weighted by molar-refractivity contribution is 6.39.